The first-order chi connectivity index (χ1) is 8.13. The molecule has 0 amide bonds. The van der Waals surface area contributed by atoms with Crippen LogP contribution in [0.25, 0.3) is 11.4 Å². The summed E-state index contributed by atoms with van der Waals surface area (Å²) in [6.45, 7) is 4.06. The number of hydrogen-bond acceptors (Lipinski definition) is 3. The van der Waals surface area contributed by atoms with Crippen LogP contribution in [0.2, 0.25) is 0 Å². The van der Waals surface area contributed by atoms with E-state index in [2.05, 4.69) is 9.97 Å². The molecule has 0 radical (unpaired) electrons. The predicted molar refractivity (Wildman–Crippen MR) is 66.3 cm³/mol. The number of phenolic OH excluding ortho intramolecular Hbond substituents is 1. The normalized spacial score (nSPS) is 10.8. The summed E-state index contributed by atoms with van der Waals surface area (Å²) in [5.41, 5.74) is 1.64. The van der Waals surface area contributed by atoms with Crippen LogP contribution in [0.5, 0.6) is 11.5 Å². The molecule has 1 heterocycles. The largest absolute Gasteiger partial charge is 0.508 e. The van der Waals surface area contributed by atoms with Gasteiger partial charge in [0, 0.05) is 18.0 Å². The molecule has 0 aliphatic rings. The quantitative estimate of drug-likeness (QED) is 0.855. The van der Waals surface area contributed by atoms with E-state index in [4.69, 9.17) is 4.74 Å². The van der Waals surface area contributed by atoms with Crippen LogP contribution >= 0.6 is 0 Å². The number of imidazole rings is 1. The van der Waals surface area contributed by atoms with Gasteiger partial charge in [-0.15, -0.1) is 0 Å². The Kier molecular flexibility index (Phi) is 3.04. The number of ether oxygens (including phenoxy) is 1. The zero-order chi connectivity index (χ0) is 12.4. The molecule has 0 spiro atoms. The van der Waals surface area contributed by atoms with Crippen LogP contribution in [0, 0.1) is 0 Å². The summed E-state index contributed by atoms with van der Waals surface area (Å²) in [5, 5.41) is 9.98. The predicted octanol–water partition coefficient (Wildman–Crippen LogP) is 2.91. The zero-order valence-corrected chi connectivity index (χ0v) is 10.2. The number of nitrogens with one attached hydrogen (secondary N) is 1. The molecule has 4 nitrogen and oxygen atoms in total. The van der Waals surface area contributed by atoms with Gasteiger partial charge in [-0.05, 0) is 18.1 Å². The number of hydrogen-bond donors (Lipinski definition) is 2. The first-order valence-electron chi connectivity index (χ1n) is 5.54. The second-order valence-corrected chi connectivity index (χ2v) is 4.20. The minimum Gasteiger partial charge on any atom is -0.508 e. The number of phenols is 1. The van der Waals surface area contributed by atoms with Crippen LogP contribution in [-0.4, -0.2) is 22.2 Å². The Morgan fingerprint density at radius 1 is 1.35 bits per heavy atom. The molecule has 2 aromatic rings. The van der Waals surface area contributed by atoms with E-state index in [0.29, 0.717) is 11.6 Å². The highest BCUT2D eigenvalue weighted by Gasteiger charge is 2.14. The Balaban J connectivity index is 2.58. The third kappa shape index (κ3) is 2.11. The Labute approximate surface area is 100 Å². The summed E-state index contributed by atoms with van der Waals surface area (Å²) in [6.07, 6.45) is 3.41. The molecule has 0 unspecified atom stereocenters. The number of aromatic amines is 1. The third-order valence-corrected chi connectivity index (χ3v) is 2.72. The van der Waals surface area contributed by atoms with Gasteiger partial charge in [0.2, 0.25) is 0 Å². The molecule has 0 saturated carbocycles. The van der Waals surface area contributed by atoms with Crippen molar-refractivity contribution in [2.75, 3.05) is 7.11 Å². The molecule has 1 aromatic heterocycles. The van der Waals surface area contributed by atoms with Gasteiger partial charge in [0.25, 0.3) is 0 Å². The highest BCUT2D eigenvalue weighted by atomic mass is 16.5. The van der Waals surface area contributed by atoms with Crippen LogP contribution in [0.3, 0.4) is 0 Å². The lowest BCUT2D eigenvalue weighted by atomic mass is 9.99. The molecule has 0 atom stereocenters. The van der Waals surface area contributed by atoms with E-state index in [0.717, 1.165) is 11.1 Å². The first-order valence-corrected chi connectivity index (χ1v) is 5.54. The molecule has 0 bridgehead atoms. The zero-order valence-electron chi connectivity index (χ0n) is 10.2. The number of rotatable bonds is 3. The lowest BCUT2D eigenvalue weighted by Crippen LogP contribution is -1.94. The summed E-state index contributed by atoms with van der Waals surface area (Å²) >= 11 is 0. The minimum atomic E-state index is 0.245. The monoisotopic (exact) mass is 232 g/mol. The van der Waals surface area contributed by atoms with Crippen molar-refractivity contribution >= 4 is 0 Å². The Morgan fingerprint density at radius 2 is 2.12 bits per heavy atom. The third-order valence-electron chi connectivity index (χ3n) is 2.72. The molecule has 0 aliphatic heterocycles. The summed E-state index contributed by atoms with van der Waals surface area (Å²) in [6, 6.07) is 3.55. The van der Waals surface area contributed by atoms with Gasteiger partial charge in [-0.1, -0.05) is 13.8 Å². The first kappa shape index (κ1) is 11.5. The fourth-order valence-electron chi connectivity index (χ4n) is 1.81. The minimum absolute atomic E-state index is 0.245. The van der Waals surface area contributed by atoms with E-state index in [9.17, 15) is 5.11 Å². The van der Waals surface area contributed by atoms with Crippen molar-refractivity contribution in [3.8, 4) is 22.9 Å². The number of H-pyrrole nitrogens is 1. The Morgan fingerprint density at radius 3 is 2.65 bits per heavy atom. The maximum Gasteiger partial charge on any atom is 0.141 e. The van der Waals surface area contributed by atoms with Crippen molar-refractivity contribution in [2.45, 2.75) is 19.8 Å². The van der Waals surface area contributed by atoms with Crippen molar-refractivity contribution in [3.05, 3.63) is 30.1 Å². The summed E-state index contributed by atoms with van der Waals surface area (Å²) in [7, 11) is 1.61. The fourth-order valence-corrected chi connectivity index (χ4v) is 1.81. The van der Waals surface area contributed by atoms with Crippen molar-refractivity contribution in [2.24, 2.45) is 0 Å². The highest BCUT2D eigenvalue weighted by molar-refractivity contribution is 5.68. The van der Waals surface area contributed by atoms with Gasteiger partial charge < -0.3 is 14.8 Å². The van der Waals surface area contributed by atoms with Crippen LogP contribution < -0.4 is 4.74 Å². The van der Waals surface area contributed by atoms with Crippen LogP contribution in [0.4, 0.5) is 0 Å². The lowest BCUT2D eigenvalue weighted by Gasteiger charge is -2.13. The van der Waals surface area contributed by atoms with Gasteiger partial charge >= 0.3 is 0 Å². The van der Waals surface area contributed by atoms with E-state index in [1.807, 2.05) is 19.9 Å². The maximum atomic E-state index is 9.98. The van der Waals surface area contributed by atoms with Crippen molar-refractivity contribution in [1.82, 2.24) is 9.97 Å². The molecule has 1 aromatic carbocycles. The number of methoxy groups -OCH3 is 1. The molecular formula is C13H16N2O2. The van der Waals surface area contributed by atoms with E-state index >= 15 is 0 Å². The fraction of sp³-hybridized carbons (Fsp3) is 0.308. The van der Waals surface area contributed by atoms with E-state index < -0.39 is 0 Å². The van der Waals surface area contributed by atoms with Gasteiger partial charge in [-0.2, -0.15) is 0 Å². The summed E-state index contributed by atoms with van der Waals surface area (Å²) in [5.74, 6) is 1.91. The highest BCUT2D eigenvalue weighted by Crippen LogP contribution is 2.36. The number of nitrogens with zero attached hydrogens (tertiary/aromatic N) is 1. The smallest absolute Gasteiger partial charge is 0.141 e. The second-order valence-electron chi connectivity index (χ2n) is 4.20. The maximum absolute atomic E-state index is 9.98. The molecular weight excluding hydrogens is 216 g/mol. The molecule has 90 valence electrons. The molecule has 0 aliphatic carbocycles. The average Bonchev–Trinajstić information content (AvgIpc) is 2.81. The van der Waals surface area contributed by atoms with Crippen LogP contribution in [0.1, 0.15) is 25.3 Å². The Bertz CT molecular complexity index is 504. The lowest BCUT2D eigenvalue weighted by molar-refractivity contribution is 0.411. The Hall–Kier alpha value is -1.97. The van der Waals surface area contributed by atoms with Crippen molar-refractivity contribution < 1.29 is 9.84 Å². The molecule has 17 heavy (non-hydrogen) atoms. The van der Waals surface area contributed by atoms with Gasteiger partial charge in [-0.25, -0.2) is 4.98 Å². The van der Waals surface area contributed by atoms with Crippen LogP contribution in [0.15, 0.2) is 24.5 Å². The van der Waals surface area contributed by atoms with Gasteiger partial charge in [0.1, 0.15) is 17.3 Å². The molecule has 2 N–H and O–H groups in total. The topological polar surface area (TPSA) is 58.1 Å². The van der Waals surface area contributed by atoms with E-state index in [1.165, 1.54) is 0 Å². The summed E-state index contributed by atoms with van der Waals surface area (Å²) < 4.78 is 5.34. The van der Waals surface area contributed by atoms with Crippen LogP contribution in [-0.2, 0) is 0 Å². The van der Waals surface area contributed by atoms with Crippen molar-refractivity contribution in [1.29, 1.82) is 0 Å². The second kappa shape index (κ2) is 4.49. The SMILES string of the molecule is COc1cc(C(C)C)c(O)cc1-c1ncc[nH]1. The number of aromatic nitrogens is 2. The van der Waals surface area contributed by atoms with Gasteiger partial charge in [0.15, 0.2) is 0 Å². The average molecular weight is 232 g/mol. The van der Waals surface area contributed by atoms with Gasteiger partial charge in [-0.3, -0.25) is 0 Å². The van der Waals surface area contributed by atoms with Crippen molar-refractivity contribution in [3.63, 3.8) is 0 Å². The number of benzene rings is 1. The number of aromatic hydroxyl groups is 1. The summed E-state index contributed by atoms with van der Waals surface area (Å²) in [4.78, 5) is 7.17. The molecule has 2 rings (SSSR count). The standard InChI is InChI=1S/C13H16N2O2/c1-8(2)9-7-12(17-3)10(6-11(9)16)13-14-4-5-15-13/h4-8,16H,1-3H3,(H,14,15). The van der Waals surface area contributed by atoms with Gasteiger partial charge in [0.05, 0.1) is 12.7 Å². The van der Waals surface area contributed by atoms with E-state index in [-0.39, 0.29) is 11.7 Å². The molecule has 0 saturated heterocycles. The molecule has 0 fully saturated rings. The van der Waals surface area contributed by atoms with E-state index in [1.54, 1.807) is 25.6 Å². The molecule has 4 heteroatoms.